The van der Waals surface area contributed by atoms with E-state index >= 15 is 0 Å². The molecule has 2 aliphatic heterocycles. The number of piperidine rings is 1. The van der Waals surface area contributed by atoms with E-state index in [2.05, 4.69) is 10.2 Å². The summed E-state index contributed by atoms with van der Waals surface area (Å²) in [5.41, 5.74) is 0.742. The van der Waals surface area contributed by atoms with Gasteiger partial charge in [0, 0.05) is 17.5 Å². The van der Waals surface area contributed by atoms with E-state index in [0.717, 1.165) is 44.5 Å². The van der Waals surface area contributed by atoms with Gasteiger partial charge in [0.2, 0.25) is 5.91 Å². The number of benzene rings is 1. The Balaban J connectivity index is 1.20. The van der Waals surface area contributed by atoms with Crippen molar-refractivity contribution < 1.29 is 31.0 Å². The quantitative estimate of drug-likeness (QED) is 0.377. The first-order valence-electron chi connectivity index (χ1n) is 13.1. The molecule has 1 aliphatic carbocycles. The molecule has 1 aromatic rings. The first kappa shape index (κ1) is 28.8. The highest BCUT2D eigenvalue weighted by molar-refractivity contribution is 7.98. The number of likely N-dealkylation sites (tertiary alicyclic amines) is 1. The Kier molecular flexibility index (Phi) is 10.1. The largest absolute Gasteiger partial charge is 0.416 e. The van der Waals surface area contributed by atoms with Crippen LogP contribution >= 0.6 is 12.1 Å². The minimum absolute atomic E-state index is 0.0437. The molecule has 0 radical (unpaired) electrons. The van der Waals surface area contributed by atoms with Gasteiger partial charge in [-0.05, 0) is 99.4 Å². The van der Waals surface area contributed by atoms with Crippen molar-refractivity contribution in [3.05, 3.63) is 69.9 Å². The normalized spacial score (nSPS) is 25.4. The Morgan fingerprint density at radius 1 is 1.08 bits per heavy atom. The Morgan fingerprint density at radius 2 is 1.82 bits per heavy atom. The average molecular weight is 557 g/mol. The number of carbonyl (C=O) groups excluding carboxylic acids is 1. The van der Waals surface area contributed by atoms with Gasteiger partial charge < -0.3 is 10.1 Å². The smallest absolute Gasteiger partial charge is 0.367 e. The van der Waals surface area contributed by atoms with Gasteiger partial charge in [-0.15, -0.1) is 0 Å². The molecule has 4 rings (SSSR count). The van der Waals surface area contributed by atoms with Crippen molar-refractivity contribution in [2.24, 2.45) is 0 Å². The number of carbonyl (C=O) groups is 1. The predicted molar refractivity (Wildman–Crippen MR) is 139 cm³/mol. The standard InChI is InChI=1S/C28H33F5N2O2S/c29-23-6-4-20(5-7-23)21-11-14-35(15-12-21)24-8-9-26(37-18-24)27(36)34-13-10-19-2-1-3-25(38-33)17-22(16-19)28(30,31)32/h2,4-7,16-17,21,24,26H,1,3,8-15,18H2,(H,34,36)/b19-2?,22-16?,25-17-. The highest BCUT2D eigenvalue weighted by atomic mass is 32.2. The summed E-state index contributed by atoms with van der Waals surface area (Å²) < 4.78 is 72.0. The maximum atomic E-state index is 13.3. The molecule has 2 unspecified atom stereocenters. The van der Waals surface area contributed by atoms with Crippen molar-refractivity contribution in [2.75, 3.05) is 26.2 Å². The zero-order chi connectivity index (χ0) is 27.1. The molecule has 2 fully saturated rings. The van der Waals surface area contributed by atoms with E-state index in [1.807, 2.05) is 12.1 Å². The lowest BCUT2D eigenvalue weighted by atomic mass is 9.88. The zero-order valence-corrected chi connectivity index (χ0v) is 21.9. The molecule has 1 N–H and O–H groups in total. The number of alkyl halides is 3. The van der Waals surface area contributed by atoms with E-state index in [1.165, 1.54) is 17.7 Å². The highest BCUT2D eigenvalue weighted by Crippen LogP contribution is 2.35. The summed E-state index contributed by atoms with van der Waals surface area (Å²) >= 11 is -0.159. The van der Waals surface area contributed by atoms with Crippen LogP contribution in [0.5, 0.6) is 0 Å². The fourth-order valence-electron chi connectivity index (χ4n) is 5.35. The van der Waals surface area contributed by atoms with E-state index in [-0.39, 0.29) is 54.2 Å². The molecule has 3 aliphatic rings. The van der Waals surface area contributed by atoms with Crippen LogP contribution in [0.25, 0.3) is 0 Å². The lowest BCUT2D eigenvalue weighted by Crippen LogP contribution is -2.49. The minimum Gasteiger partial charge on any atom is -0.367 e. The number of rotatable bonds is 7. The molecule has 0 bridgehead atoms. The molecule has 0 aromatic heterocycles. The molecular formula is C28H33F5N2O2S. The SMILES string of the molecule is O=C(NCCC1=CCC/C(SF)=C/C(C(F)(F)F)=C1)C1CCC(N2CCC(c3ccc(F)cc3)CC2)CO1. The van der Waals surface area contributed by atoms with Crippen molar-refractivity contribution in [3.8, 4) is 0 Å². The van der Waals surface area contributed by atoms with Gasteiger partial charge in [0.05, 0.1) is 24.3 Å². The van der Waals surface area contributed by atoms with Gasteiger partial charge in [-0.25, -0.2) is 4.39 Å². The lowest BCUT2D eigenvalue weighted by molar-refractivity contribution is -0.138. The molecule has 2 saturated heterocycles. The fraction of sp³-hybridized carbons (Fsp3) is 0.536. The van der Waals surface area contributed by atoms with Crippen LogP contribution < -0.4 is 5.32 Å². The van der Waals surface area contributed by atoms with Gasteiger partial charge in [-0.2, -0.15) is 17.1 Å². The van der Waals surface area contributed by atoms with Crippen LogP contribution in [-0.2, 0) is 9.53 Å². The maximum Gasteiger partial charge on any atom is 0.416 e. The highest BCUT2D eigenvalue weighted by Gasteiger charge is 2.34. The third-order valence-electron chi connectivity index (χ3n) is 7.53. The molecule has 10 heteroatoms. The second kappa shape index (κ2) is 13.3. The number of halogens is 5. The minimum atomic E-state index is -4.58. The molecule has 4 nitrogen and oxygen atoms in total. The van der Waals surface area contributed by atoms with Crippen molar-refractivity contribution >= 4 is 18.1 Å². The van der Waals surface area contributed by atoms with E-state index in [1.54, 1.807) is 6.08 Å². The van der Waals surface area contributed by atoms with E-state index in [9.17, 15) is 26.2 Å². The number of hydrogen-bond acceptors (Lipinski definition) is 4. The molecule has 0 spiro atoms. The van der Waals surface area contributed by atoms with Crippen LogP contribution in [0.1, 0.15) is 56.4 Å². The summed E-state index contributed by atoms with van der Waals surface area (Å²) in [5.74, 6) is -0.0510. The third-order valence-corrected chi connectivity index (χ3v) is 8.05. The summed E-state index contributed by atoms with van der Waals surface area (Å²) in [6, 6.07) is 6.99. The zero-order valence-electron chi connectivity index (χ0n) is 21.1. The van der Waals surface area contributed by atoms with E-state index in [0.29, 0.717) is 30.9 Å². The summed E-state index contributed by atoms with van der Waals surface area (Å²) in [6.45, 7) is 2.51. The molecule has 0 saturated carbocycles. The van der Waals surface area contributed by atoms with E-state index < -0.39 is 17.9 Å². The second-order valence-electron chi connectivity index (χ2n) is 10.1. The Bertz CT molecular complexity index is 1040. The van der Waals surface area contributed by atoms with Gasteiger partial charge in [0.15, 0.2) is 0 Å². The molecular weight excluding hydrogens is 523 g/mol. The molecule has 38 heavy (non-hydrogen) atoms. The molecule has 1 aromatic carbocycles. The van der Waals surface area contributed by atoms with Crippen LogP contribution in [0.4, 0.5) is 21.4 Å². The molecule has 2 heterocycles. The molecule has 2 atom stereocenters. The van der Waals surface area contributed by atoms with Crippen LogP contribution in [0.15, 0.2) is 58.5 Å². The van der Waals surface area contributed by atoms with Crippen molar-refractivity contribution in [2.45, 2.75) is 69.2 Å². The maximum absolute atomic E-state index is 13.3. The predicted octanol–water partition coefficient (Wildman–Crippen LogP) is 6.77. The molecule has 1 amide bonds. The lowest BCUT2D eigenvalue weighted by Gasteiger charge is -2.40. The average Bonchev–Trinajstić information content (AvgIpc) is 2.90. The summed E-state index contributed by atoms with van der Waals surface area (Å²) in [7, 11) is 0. The number of amides is 1. The second-order valence-corrected chi connectivity index (χ2v) is 10.7. The van der Waals surface area contributed by atoms with Gasteiger partial charge in [0.1, 0.15) is 11.9 Å². The number of nitrogens with one attached hydrogen (secondary N) is 1. The first-order valence-corrected chi connectivity index (χ1v) is 13.8. The topological polar surface area (TPSA) is 41.6 Å². The Labute approximate surface area is 224 Å². The summed E-state index contributed by atoms with van der Waals surface area (Å²) in [4.78, 5) is 15.1. The van der Waals surface area contributed by atoms with Crippen molar-refractivity contribution in [3.63, 3.8) is 0 Å². The van der Waals surface area contributed by atoms with Gasteiger partial charge in [-0.3, -0.25) is 9.69 Å². The van der Waals surface area contributed by atoms with Crippen LogP contribution in [0.3, 0.4) is 0 Å². The fourth-order valence-corrected chi connectivity index (χ4v) is 5.72. The number of nitrogens with zero attached hydrogens (tertiary/aromatic N) is 1. The first-order chi connectivity index (χ1) is 18.2. The number of ether oxygens (including phenoxy) is 1. The van der Waals surface area contributed by atoms with Gasteiger partial charge >= 0.3 is 6.18 Å². The Morgan fingerprint density at radius 3 is 2.45 bits per heavy atom. The van der Waals surface area contributed by atoms with Gasteiger partial charge in [-0.1, -0.05) is 18.2 Å². The van der Waals surface area contributed by atoms with Crippen molar-refractivity contribution in [1.82, 2.24) is 10.2 Å². The Hall–Kier alpha value is -2.17. The van der Waals surface area contributed by atoms with Crippen LogP contribution in [-0.4, -0.2) is 55.4 Å². The number of hydrogen-bond donors (Lipinski definition) is 1. The van der Waals surface area contributed by atoms with Crippen molar-refractivity contribution in [1.29, 1.82) is 0 Å². The van der Waals surface area contributed by atoms with Gasteiger partial charge in [0.25, 0.3) is 0 Å². The third kappa shape index (κ3) is 7.93. The molecule has 208 valence electrons. The monoisotopic (exact) mass is 556 g/mol. The number of allylic oxidation sites excluding steroid dienone is 5. The van der Waals surface area contributed by atoms with E-state index in [4.69, 9.17) is 4.74 Å². The summed E-state index contributed by atoms with van der Waals surface area (Å²) in [6.07, 6.45) is 2.70. The summed E-state index contributed by atoms with van der Waals surface area (Å²) in [5, 5.41) is 2.80. The van der Waals surface area contributed by atoms with Crippen LogP contribution in [0, 0.1) is 5.82 Å². The van der Waals surface area contributed by atoms with Crippen LogP contribution in [0.2, 0.25) is 0 Å².